The van der Waals surface area contributed by atoms with Gasteiger partial charge in [-0.25, -0.2) is 4.79 Å². The summed E-state index contributed by atoms with van der Waals surface area (Å²) in [6.45, 7) is 0.415. The van der Waals surface area contributed by atoms with E-state index in [1.165, 1.54) is 16.8 Å². The predicted octanol–water partition coefficient (Wildman–Crippen LogP) is 2.36. The molecule has 0 saturated heterocycles. The summed E-state index contributed by atoms with van der Waals surface area (Å²) in [6, 6.07) is 10.9. The van der Waals surface area contributed by atoms with Crippen LogP contribution in [0.2, 0.25) is 0 Å². The number of aromatic carboxylic acids is 1. The van der Waals surface area contributed by atoms with Crippen molar-refractivity contribution in [2.45, 2.75) is 6.54 Å². The molecular formula is C13H10BrNO3. The van der Waals surface area contributed by atoms with Crippen LogP contribution in [0.25, 0.3) is 0 Å². The van der Waals surface area contributed by atoms with Crippen LogP contribution in [-0.4, -0.2) is 15.6 Å². The van der Waals surface area contributed by atoms with Gasteiger partial charge in [0.1, 0.15) is 0 Å². The summed E-state index contributed by atoms with van der Waals surface area (Å²) in [6.07, 6.45) is 1.49. The Kier molecular flexibility index (Phi) is 3.62. The Morgan fingerprint density at radius 1 is 1.22 bits per heavy atom. The molecule has 5 heteroatoms. The molecule has 1 N–H and O–H groups in total. The zero-order chi connectivity index (χ0) is 13.1. The van der Waals surface area contributed by atoms with Crippen molar-refractivity contribution in [1.29, 1.82) is 0 Å². The van der Waals surface area contributed by atoms with Crippen LogP contribution in [0, 0.1) is 0 Å². The lowest BCUT2D eigenvalue weighted by atomic mass is 10.2. The van der Waals surface area contributed by atoms with Crippen molar-refractivity contribution in [1.82, 2.24) is 4.57 Å². The number of carboxylic acid groups (broad SMARTS) is 1. The van der Waals surface area contributed by atoms with Gasteiger partial charge >= 0.3 is 5.97 Å². The number of hydrogen-bond donors (Lipinski definition) is 1. The summed E-state index contributed by atoms with van der Waals surface area (Å²) in [4.78, 5) is 22.8. The minimum atomic E-state index is -1.12. The minimum absolute atomic E-state index is 0.0238. The molecule has 0 atom stereocenters. The Morgan fingerprint density at radius 2 is 1.89 bits per heavy atom. The van der Waals surface area contributed by atoms with Gasteiger partial charge in [-0.15, -0.1) is 0 Å². The molecule has 18 heavy (non-hydrogen) atoms. The van der Waals surface area contributed by atoms with Gasteiger partial charge in [-0.2, -0.15) is 0 Å². The first kappa shape index (κ1) is 12.6. The molecule has 0 aliphatic rings. The highest BCUT2D eigenvalue weighted by Gasteiger charge is 2.12. The topological polar surface area (TPSA) is 59.3 Å². The van der Waals surface area contributed by atoms with E-state index < -0.39 is 5.97 Å². The Labute approximate surface area is 112 Å². The van der Waals surface area contributed by atoms with Gasteiger partial charge in [0.05, 0.1) is 16.6 Å². The fourth-order valence-corrected chi connectivity index (χ4v) is 2.15. The number of carboxylic acids is 1. The van der Waals surface area contributed by atoms with Crippen LogP contribution in [0.5, 0.6) is 0 Å². The van der Waals surface area contributed by atoms with Crippen LogP contribution >= 0.6 is 15.9 Å². The van der Waals surface area contributed by atoms with Crippen LogP contribution in [-0.2, 0) is 6.54 Å². The number of rotatable bonds is 3. The van der Waals surface area contributed by atoms with Crippen molar-refractivity contribution in [3.05, 3.63) is 68.5 Å². The minimum Gasteiger partial charge on any atom is -0.478 e. The van der Waals surface area contributed by atoms with Crippen molar-refractivity contribution in [2.75, 3.05) is 0 Å². The standard InChI is InChI=1S/C13H10BrNO3/c14-11-10(13(17)18)6-7-15(12(11)16)8-9-4-2-1-3-5-9/h1-7H,8H2,(H,17,18). The summed E-state index contributed by atoms with van der Waals surface area (Å²) in [5.74, 6) is -1.12. The Morgan fingerprint density at radius 3 is 2.50 bits per heavy atom. The number of pyridine rings is 1. The number of benzene rings is 1. The fourth-order valence-electron chi connectivity index (χ4n) is 1.62. The normalized spacial score (nSPS) is 10.3. The highest BCUT2D eigenvalue weighted by atomic mass is 79.9. The highest BCUT2D eigenvalue weighted by molar-refractivity contribution is 9.10. The molecule has 0 amide bonds. The second-order valence-electron chi connectivity index (χ2n) is 3.77. The first-order valence-electron chi connectivity index (χ1n) is 5.26. The maximum Gasteiger partial charge on any atom is 0.337 e. The average molecular weight is 308 g/mol. The van der Waals surface area contributed by atoms with E-state index >= 15 is 0 Å². The van der Waals surface area contributed by atoms with Gasteiger partial charge in [-0.3, -0.25) is 4.79 Å². The zero-order valence-corrected chi connectivity index (χ0v) is 10.9. The molecule has 1 aromatic heterocycles. The van der Waals surface area contributed by atoms with E-state index in [4.69, 9.17) is 5.11 Å². The molecule has 0 saturated carbocycles. The second-order valence-corrected chi connectivity index (χ2v) is 4.56. The number of halogens is 1. The van der Waals surface area contributed by atoms with Crippen LogP contribution in [0.4, 0.5) is 0 Å². The van der Waals surface area contributed by atoms with E-state index in [1.807, 2.05) is 30.3 Å². The smallest absolute Gasteiger partial charge is 0.337 e. The van der Waals surface area contributed by atoms with Crippen molar-refractivity contribution < 1.29 is 9.90 Å². The first-order valence-corrected chi connectivity index (χ1v) is 6.05. The summed E-state index contributed by atoms with van der Waals surface area (Å²) in [5, 5.41) is 8.89. The van der Waals surface area contributed by atoms with Gasteiger partial charge in [-0.1, -0.05) is 30.3 Å². The lowest BCUT2D eigenvalue weighted by Crippen LogP contribution is -2.23. The SMILES string of the molecule is O=C(O)c1ccn(Cc2ccccc2)c(=O)c1Br. The largest absolute Gasteiger partial charge is 0.478 e. The Balaban J connectivity index is 2.40. The van der Waals surface area contributed by atoms with Crippen molar-refractivity contribution in [2.24, 2.45) is 0 Å². The van der Waals surface area contributed by atoms with Crippen molar-refractivity contribution in [3.8, 4) is 0 Å². The third-order valence-corrected chi connectivity index (χ3v) is 3.30. The van der Waals surface area contributed by atoms with Crippen molar-refractivity contribution >= 4 is 21.9 Å². The monoisotopic (exact) mass is 307 g/mol. The number of carbonyl (C=O) groups is 1. The number of hydrogen-bond acceptors (Lipinski definition) is 2. The quantitative estimate of drug-likeness (QED) is 0.947. The summed E-state index contributed by atoms with van der Waals surface area (Å²) >= 11 is 3.03. The van der Waals surface area contributed by atoms with E-state index in [1.54, 1.807) is 0 Å². The van der Waals surface area contributed by atoms with E-state index in [0.717, 1.165) is 5.56 Å². The second kappa shape index (κ2) is 5.18. The first-order chi connectivity index (χ1) is 8.59. The molecule has 1 aromatic carbocycles. The van der Waals surface area contributed by atoms with E-state index in [9.17, 15) is 9.59 Å². The number of nitrogens with zero attached hydrogens (tertiary/aromatic N) is 1. The van der Waals surface area contributed by atoms with Gasteiger partial charge in [0.15, 0.2) is 0 Å². The maximum atomic E-state index is 12.0. The maximum absolute atomic E-state index is 12.0. The van der Waals surface area contributed by atoms with E-state index in [2.05, 4.69) is 15.9 Å². The zero-order valence-electron chi connectivity index (χ0n) is 9.34. The van der Waals surface area contributed by atoms with Crippen molar-refractivity contribution in [3.63, 3.8) is 0 Å². The molecule has 0 unspecified atom stereocenters. The van der Waals surface area contributed by atoms with Crippen LogP contribution in [0.1, 0.15) is 15.9 Å². The lowest BCUT2D eigenvalue weighted by Gasteiger charge is -2.07. The molecule has 2 rings (SSSR count). The predicted molar refractivity (Wildman–Crippen MR) is 70.9 cm³/mol. The van der Waals surface area contributed by atoms with Gasteiger partial charge in [0.2, 0.25) is 0 Å². The van der Waals surface area contributed by atoms with Crippen LogP contribution < -0.4 is 5.56 Å². The molecule has 1 heterocycles. The van der Waals surface area contributed by atoms with E-state index in [0.29, 0.717) is 6.54 Å². The van der Waals surface area contributed by atoms with Gasteiger partial charge in [-0.05, 0) is 27.6 Å². The molecule has 0 radical (unpaired) electrons. The van der Waals surface area contributed by atoms with E-state index in [-0.39, 0.29) is 15.6 Å². The fraction of sp³-hybridized carbons (Fsp3) is 0.0769. The molecule has 0 aliphatic heterocycles. The molecule has 2 aromatic rings. The average Bonchev–Trinajstić information content (AvgIpc) is 2.36. The van der Waals surface area contributed by atoms with Gasteiger partial charge < -0.3 is 9.67 Å². The molecule has 92 valence electrons. The molecule has 0 fully saturated rings. The molecule has 0 bridgehead atoms. The molecule has 0 aliphatic carbocycles. The van der Waals surface area contributed by atoms with Gasteiger partial charge in [0.25, 0.3) is 5.56 Å². The number of aromatic nitrogens is 1. The molecule has 4 nitrogen and oxygen atoms in total. The van der Waals surface area contributed by atoms with Crippen LogP contribution in [0.3, 0.4) is 0 Å². The lowest BCUT2D eigenvalue weighted by molar-refractivity contribution is 0.0695. The summed E-state index contributed by atoms with van der Waals surface area (Å²) in [7, 11) is 0. The summed E-state index contributed by atoms with van der Waals surface area (Å²) in [5.41, 5.74) is 0.609. The third kappa shape index (κ3) is 2.51. The Bertz CT molecular complexity index is 634. The van der Waals surface area contributed by atoms with Gasteiger partial charge in [0, 0.05) is 6.20 Å². The van der Waals surface area contributed by atoms with Crippen LogP contribution in [0.15, 0.2) is 51.9 Å². The third-order valence-electron chi connectivity index (χ3n) is 2.53. The summed E-state index contributed by atoms with van der Waals surface area (Å²) < 4.78 is 1.54. The highest BCUT2D eigenvalue weighted by Crippen LogP contribution is 2.12. The molecule has 0 spiro atoms. The molecular weight excluding hydrogens is 298 g/mol. The Hall–Kier alpha value is -1.88.